The number of aryl methyl sites for hydroxylation is 20. The Morgan fingerprint density at radius 2 is 0.563 bits per heavy atom. The van der Waals surface area contributed by atoms with Gasteiger partial charge >= 0.3 is 0 Å². The fraction of sp³-hybridized carbons (Fsp3) is 0.225. The molecule has 5 heterocycles. The van der Waals surface area contributed by atoms with Gasteiger partial charge in [-0.3, -0.25) is 24.9 Å². The molecule has 0 N–H and O–H groups in total. The number of nitrogens with zero attached hydrogens (tertiary/aromatic N) is 10. The van der Waals surface area contributed by atoms with Crippen LogP contribution in [-0.2, 0) is 87.5 Å². The van der Waals surface area contributed by atoms with Crippen LogP contribution in [0.25, 0.3) is 79.7 Å². The standard InChI is InChI=1S/2C21H23N2.C19H19N2.C18H17N2.C10H9N2.4Ir/c2*1-13-7-14(2)11-19(10-13)21-22-12-18(6)23(21)20-16(4)8-15(3)9-17(20)5;1-13-10-14(2)18(15(3)11-13)21-16(4)12-20-19(21)17-8-6-5-7-9-17;1-13-11-14(2)17(15(3)12-13)20-10-9-19-18(20)16-7-5-4-6-8-16;1-12-8-7-11-10(12)9-5-3-2-4-6-9;;;;/h2*7-10,12H,1-6H3;5-8,10-12H,1-4H3;4-7,9-12H,1-3H3;2-5,7-8H,1H3;;;;/q5*-1;;;;. The monoisotopic (exact) mass is 2070 g/mol. The number of rotatable bonds is 9. The molecule has 9 aromatic carbocycles. The first-order valence-corrected chi connectivity index (χ1v) is 33.7. The fourth-order valence-electron chi connectivity index (χ4n) is 13.8. The van der Waals surface area contributed by atoms with E-state index in [0.717, 1.165) is 85.1 Å². The average Bonchev–Trinajstić information content (AvgIpc) is 1.67. The van der Waals surface area contributed by atoms with Crippen molar-refractivity contribution in [1.29, 1.82) is 0 Å². The van der Waals surface area contributed by atoms with Crippen LogP contribution in [0.3, 0.4) is 0 Å². The van der Waals surface area contributed by atoms with E-state index >= 15 is 0 Å². The van der Waals surface area contributed by atoms with Gasteiger partial charge in [0.15, 0.2) is 0 Å². The van der Waals surface area contributed by atoms with Crippen molar-refractivity contribution >= 4 is 0 Å². The van der Waals surface area contributed by atoms with Crippen molar-refractivity contribution < 1.29 is 80.4 Å². The minimum absolute atomic E-state index is 0. The minimum atomic E-state index is 0. The molecule has 538 valence electrons. The molecule has 14 aromatic rings. The summed E-state index contributed by atoms with van der Waals surface area (Å²) in [4.78, 5) is 22.7. The van der Waals surface area contributed by atoms with Gasteiger partial charge in [0.2, 0.25) is 0 Å². The van der Waals surface area contributed by atoms with Crippen molar-refractivity contribution in [2.24, 2.45) is 7.05 Å². The van der Waals surface area contributed by atoms with Gasteiger partial charge in [-0.05, 0) is 148 Å². The van der Waals surface area contributed by atoms with Crippen LogP contribution in [-0.4, -0.2) is 47.8 Å². The summed E-state index contributed by atoms with van der Waals surface area (Å²) in [5, 5.41) is 0. The van der Waals surface area contributed by atoms with E-state index in [0.29, 0.717) is 0 Å². The Hall–Kier alpha value is -8.37. The van der Waals surface area contributed by atoms with Gasteiger partial charge in [-0.25, -0.2) is 0 Å². The SMILES string of the molecule is Cc1[c-]c(-c2ncc(C)n2-c2c(C)cc(C)cc2C)cc(C)c1.Cc1[c-]c(-c2ncc(C)n2-c2c(C)cc(C)cc2C)cc(C)c1.Cc1cc(C)c(-n2c(C)cnc2-c2[c-]cccc2)c(C)c1.Cc1cc(C)c(-n2ccnc2-c2[c-]cccc2)c(C)c1.Cn1ccnc1-c1[c-]cccc1.[Ir].[Ir].[Ir].[Ir]. The molecule has 14 heteroatoms. The maximum absolute atomic E-state index is 4.68. The van der Waals surface area contributed by atoms with Crippen LogP contribution in [0, 0.1) is 162 Å². The molecule has 14 rings (SSSR count). The molecule has 103 heavy (non-hydrogen) atoms. The van der Waals surface area contributed by atoms with Crippen molar-refractivity contribution in [2.45, 2.75) is 132 Å². The summed E-state index contributed by atoms with van der Waals surface area (Å²) in [5.74, 6) is 4.76. The van der Waals surface area contributed by atoms with Crippen LogP contribution in [0.5, 0.6) is 0 Å². The third-order valence-corrected chi connectivity index (χ3v) is 17.4. The van der Waals surface area contributed by atoms with Gasteiger partial charge in [0, 0.05) is 171 Å². The van der Waals surface area contributed by atoms with Gasteiger partial charge in [-0.1, -0.05) is 98.5 Å². The first kappa shape index (κ1) is 83.6. The van der Waals surface area contributed by atoms with E-state index in [1.54, 1.807) is 6.20 Å². The second-order valence-corrected chi connectivity index (χ2v) is 26.5. The van der Waals surface area contributed by atoms with Gasteiger partial charge < -0.3 is 22.8 Å². The molecule has 10 nitrogen and oxygen atoms in total. The van der Waals surface area contributed by atoms with E-state index in [2.05, 4.69) is 284 Å². The summed E-state index contributed by atoms with van der Waals surface area (Å²) in [6.07, 6.45) is 13.4. The van der Waals surface area contributed by atoms with Crippen LogP contribution in [0.15, 0.2) is 189 Å². The number of imidazole rings is 5. The molecule has 0 atom stereocenters. The first-order valence-electron chi connectivity index (χ1n) is 33.7. The molecule has 0 aliphatic carbocycles. The molecule has 0 unspecified atom stereocenters. The van der Waals surface area contributed by atoms with Gasteiger partial charge in [0.25, 0.3) is 0 Å². The summed E-state index contributed by atoms with van der Waals surface area (Å²) >= 11 is 0. The molecule has 0 bridgehead atoms. The maximum atomic E-state index is 4.68. The molecule has 0 spiro atoms. The molecule has 0 saturated heterocycles. The van der Waals surface area contributed by atoms with Crippen LogP contribution in [0.1, 0.15) is 106 Å². The summed E-state index contributed by atoms with van der Waals surface area (Å²) in [6.45, 7) is 40.6. The van der Waals surface area contributed by atoms with Crippen molar-refractivity contribution in [3.8, 4) is 79.7 Å². The van der Waals surface area contributed by atoms with Crippen molar-refractivity contribution in [3.63, 3.8) is 0 Å². The van der Waals surface area contributed by atoms with Crippen molar-refractivity contribution in [2.75, 3.05) is 0 Å². The minimum Gasteiger partial charge on any atom is -0.373 e. The summed E-state index contributed by atoms with van der Waals surface area (Å²) in [6, 6.07) is 66.7. The molecular weight excluding hydrogens is 1980 g/mol. The van der Waals surface area contributed by atoms with Crippen molar-refractivity contribution in [3.05, 3.63) is 325 Å². The fourth-order valence-corrected chi connectivity index (χ4v) is 13.8. The summed E-state index contributed by atoms with van der Waals surface area (Å²) < 4.78 is 10.9. The number of hydrogen-bond donors (Lipinski definition) is 0. The smallest absolute Gasteiger partial charge is 0.0605 e. The number of hydrogen-bond acceptors (Lipinski definition) is 5. The van der Waals surface area contributed by atoms with Gasteiger partial charge in [-0.15, -0.1) is 177 Å². The first-order chi connectivity index (χ1) is 47.3. The molecule has 0 saturated carbocycles. The maximum Gasteiger partial charge on any atom is 0.0605 e. The Labute approximate surface area is 666 Å². The summed E-state index contributed by atoms with van der Waals surface area (Å²) in [5.41, 5.74) is 33.6. The van der Waals surface area contributed by atoms with E-state index in [1.165, 1.54) is 101 Å². The van der Waals surface area contributed by atoms with Gasteiger partial charge in [0.1, 0.15) is 0 Å². The zero-order chi connectivity index (χ0) is 70.9. The molecule has 0 fully saturated rings. The van der Waals surface area contributed by atoms with E-state index in [-0.39, 0.29) is 80.4 Å². The van der Waals surface area contributed by atoms with Crippen LogP contribution in [0.4, 0.5) is 0 Å². The van der Waals surface area contributed by atoms with E-state index in [9.17, 15) is 0 Å². The second-order valence-electron chi connectivity index (χ2n) is 26.5. The van der Waals surface area contributed by atoms with Crippen LogP contribution in [0.2, 0.25) is 0 Å². The predicted octanol–water partition coefficient (Wildman–Crippen LogP) is 21.1. The Morgan fingerprint density at radius 3 is 0.864 bits per heavy atom. The molecule has 4 radical (unpaired) electrons. The van der Waals surface area contributed by atoms with Gasteiger partial charge in [0.05, 0.1) is 29.1 Å². The largest absolute Gasteiger partial charge is 0.373 e. The van der Waals surface area contributed by atoms with E-state index in [1.807, 2.05) is 116 Å². The normalized spacial score (nSPS) is 10.4. The molecular formula is C89H91Ir4N10-5. The predicted molar refractivity (Wildman–Crippen MR) is 409 cm³/mol. The second kappa shape index (κ2) is 37.4. The Balaban J connectivity index is 0.000000203. The van der Waals surface area contributed by atoms with Crippen LogP contribution < -0.4 is 0 Å². The zero-order valence-corrected chi connectivity index (χ0v) is 72.3. The number of benzene rings is 9. The third-order valence-electron chi connectivity index (χ3n) is 17.4. The van der Waals surface area contributed by atoms with Gasteiger partial charge in [-0.2, -0.15) is 0 Å². The molecule has 0 aliphatic heterocycles. The zero-order valence-electron chi connectivity index (χ0n) is 62.7. The van der Waals surface area contributed by atoms with Crippen LogP contribution >= 0.6 is 0 Å². The average molecular weight is 2070 g/mol. The van der Waals surface area contributed by atoms with Crippen molar-refractivity contribution in [1.82, 2.24) is 47.8 Å². The molecule has 5 aromatic heterocycles. The molecule has 0 amide bonds. The quantitative estimate of drug-likeness (QED) is 0.134. The van der Waals surface area contributed by atoms with E-state index < -0.39 is 0 Å². The topological polar surface area (TPSA) is 89.1 Å². The third kappa shape index (κ3) is 19.9. The van der Waals surface area contributed by atoms with E-state index in [4.69, 9.17) is 0 Å². The summed E-state index contributed by atoms with van der Waals surface area (Å²) in [7, 11) is 1.98. The Bertz CT molecular complexity index is 4870. The molecule has 0 aliphatic rings. The number of aromatic nitrogens is 10. The Kier molecular flexibility index (Phi) is 30.3. The Morgan fingerprint density at radius 1 is 0.282 bits per heavy atom.